The number of benzene rings is 1. The molecule has 0 spiro atoms. The van der Waals surface area contributed by atoms with Crippen molar-refractivity contribution >= 4 is 5.91 Å². The van der Waals surface area contributed by atoms with Gasteiger partial charge in [-0.25, -0.2) is 4.39 Å². The average Bonchev–Trinajstić information content (AvgIpc) is 3.12. The fourth-order valence-corrected chi connectivity index (χ4v) is 2.85. The summed E-state index contributed by atoms with van der Waals surface area (Å²) >= 11 is 0. The highest BCUT2D eigenvalue weighted by atomic mass is 19.1. The first kappa shape index (κ1) is 18.5. The van der Waals surface area contributed by atoms with E-state index >= 15 is 0 Å². The van der Waals surface area contributed by atoms with Crippen molar-refractivity contribution in [3.05, 3.63) is 36.0 Å². The number of nitrogens with one attached hydrogen (secondary N) is 2. The van der Waals surface area contributed by atoms with Crippen LogP contribution in [0.3, 0.4) is 0 Å². The molecular formula is C18H24FN5O2. The molecule has 0 atom stereocenters. The zero-order chi connectivity index (χ0) is 18.2. The Morgan fingerprint density at radius 1 is 1.27 bits per heavy atom. The zero-order valence-electron chi connectivity index (χ0n) is 14.7. The molecule has 1 saturated heterocycles. The van der Waals surface area contributed by atoms with Gasteiger partial charge in [-0.2, -0.15) is 4.98 Å². The molecule has 2 N–H and O–H groups in total. The lowest BCUT2D eigenvalue weighted by Gasteiger charge is -2.27. The Labute approximate surface area is 152 Å². The number of piperazine rings is 1. The number of carbonyl (C=O) groups is 1. The van der Waals surface area contributed by atoms with Crippen molar-refractivity contribution in [2.75, 3.05) is 39.3 Å². The number of amides is 1. The maximum atomic E-state index is 12.9. The van der Waals surface area contributed by atoms with Crippen LogP contribution in [0.1, 0.15) is 18.7 Å². The molecule has 1 aromatic heterocycles. The van der Waals surface area contributed by atoms with Gasteiger partial charge in [0.1, 0.15) is 5.82 Å². The number of hydrogen-bond acceptors (Lipinski definition) is 6. The molecule has 26 heavy (non-hydrogen) atoms. The van der Waals surface area contributed by atoms with Crippen LogP contribution in [0.5, 0.6) is 0 Å². The molecule has 1 aromatic carbocycles. The third-order valence-electron chi connectivity index (χ3n) is 4.32. The fraction of sp³-hybridized carbons (Fsp3) is 0.500. The fourth-order valence-electron chi connectivity index (χ4n) is 2.85. The SMILES string of the molecule is O=C(CCCc1nc(-c2ccc(F)cc2)no1)NCCN1CCNCC1. The lowest BCUT2D eigenvalue weighted by Crippen LogP contribution is -2.46. The standard InChI is InChI=1S/C18H24FN5O2/c19-15-6-4-14(5-7-15)18-22-17(26-23-18)3-1-2-16(25)21-10-13-24-11-8-20-9-12-24/h4-7,20H,1-3,8-13H2,(H,21,25). The Hall–Kier alpha value is -2.32. The average molecular weight is 361 g/mol. The maximum Gasteiger partial charge on any atom is 0.226 e. The number of aryl methyl sites for hydroxylation is 1. The van der Waals surface area contributed by atoms with E-state index < -0.39 is 0 Å². The van der Waals surface area contributed by atoms with Crippen LogP contribution < -0.4 is 10.6 Å². The molecule has 0 radical (unpaired) electrons. The highest BCUT2D eigenvalue weighted by molar-refractivity contribution is 5.75. The lowest BCUT2D eigenvalue weighted by molar-refractivity contribution is -0.121. The predicted octanol–water partition coefficient (Wildman–Crippen LogP) is 1.22. The minimum absolute atomic E-state index is 0.0402. The predicted molar refractivity (Wildman–Crippen MR) is 94.9 cm³/mol. The highest BCUT2D eigenvalue weighted by Crippen LogP contribution is 2.16. The van der Waals surface area contributed by atoms with Gasteiger partial charge in [0.15, 0.2) is 0 Å². The summed E-state index contributed by atoms with van der Waals surface area (Å²) in [5, 5.41) is 10.2. The summed E-state index contributed by atoms with van der Waals surface area (Å²) in [6.07, 6.45) is 1.61. The molecule has 2 aromatic rings. The molecule has 8 heteroatoms. The quantitative estimate of drug-likeness (QED) is 0.736. The molecule has 1 aliphatic rings. The molecule has 0 unspecified atom stereocenters. The smallest absolute Gasteiger partial charge is 0.226 e. The van der Waals surface area contributed by atoms with E-state index in [1.165, 1.54) is 12.1 Å². The number of aromatic nitrogens is 2. The molecule has 0 saturated carbocycles. The van der Waals surface area contributed by atoms with Crippen LogP contribution in [0.25, 0.3) is 11.4 Å². The third kappa shape index (κ3) is 5.60. The topological polar surface area (TPSA) is 83.3 Å². The lowest BCUT2D eigenvalue weighted by atomic mass is 10.2. The second kappa shape index (κ2) is 9.40. The molecule has 3 rings (SSSR count). The van der Waals surface area contributed by atoms with Crippen LogP contribution in [0.15, 0.2) is 28.8 Å². The van der Waals surface area contributed by atoms with Crippen molar-refractivity contribution in [1.29, 1.82) is 0 Å². The zero-order valence-corrected chi connectivity index (χ0v) is 14.7. The van der Waals surface area contributed by atoms with Gasteiger partial charge in [0.2, 0.25) is 17.6 Å². The molecule has 1 amide bonds. The molecule has 7 nitrogen and oxygen atoms in total. The Balaban J connectivity index is 1.34. The first-order valence-corrected chi connectivity index (χ1v) is 8.99. The van der Waals surface area contributed by atoms with Crippen molar-refractivity contribution in [2.45, 2.75) is 19.3 Å². The molecule has 1 fully saturated rings. The third-order valence-corrected chi connectivity index (χ3v) is 4.32. The van der Waals surface area contributed by atoms with E-state index in [1.54, 1.807) is 12.1 Å². The van der Waals surface area contributed by atoms with Gasteiger partial charge in [-0.3, -0.25) is 9.69 Å². The van der Waals surface area contributed by atoms with Gasteiger partial charge in [-0.15, -0.1) is 0 Å². The summed E-state index contributed by atoms with van der Waals surface area (Å²) < 4.78 is 18.1. The van der Waals surface area contributed by atoms with Gasteiger partial charge in [0.05, 0.1) is 0 Å². The number of rotatable bonds is 8. The van der Waals surface area contributed by atoms with Gasteiger partial charge in [-0.1, -0.05) is 5.16 Å². The second-order valence-corrected chi connectivity index (χ2v) is 6.31. The van der Waals surface area contributed by atoms with Gasteiger partial charge < -0.3 is 15.2 Å². The van der Waals surface area contributed by atoms with Gasteiger partial charge in [0, 0.05) is 57.7 Å². The minimum atomic E-state index is -0.305. The molecule has 0 bridgehead atoms. The summed E-state index contributed by atoms with van der Waals surface area (Å²) in [4.78, 5) is 18.5. The monoisotopic (exact) mass is 361 g/mol. The van der Waals surface area contributed by atoms with Gasteiger partial charge in [-0.05, 0) is 30.7 Å². The molecule has 140 valence electrons. The molecular weight excluding hydrogens is 337 g/mol. The largest absolute Gasteiger partial charge is 0.355 e. The van der Waals surface area contributed by atoms with Gasteiger partial charge >= 0.3 is 0 Å². The van der Waals surface area contributed by atoms with E-state index in [-0.39, 0.29) is 11.7 Å². The normalized spacial score (nSPS) is 15.1. The first-order chi connectivity index (χ1) is 12.7. The second-order valence-electron chi connectivity index (χ2n) is 6.31. The number of halogens is 1. The van der Waals surface area contributed by atoms with E-state index in [0.29, 0.717) is 43.1 Å². The molecule has 2 heterocycles. The van der Waals surface area contributed by atoms with Crippen LogP contribution in [0.4, 0.5) is 4.39 Å². The maximum absolute atomic E-state index is 12.9. The Kier molecular flexibility index (Phi) is 6.68. The van der Waals surface area contributed by atoms with Crippen molar-refractivity contribution in [2.24, 2.45) is 0 Å². The summed E-state index contributed by atoms with van der Waals surface area (Å²) in [6.45, 7) is 5.65. The Morgan fingerprint density at radius 2 is 2.04 bits per heavy atom. The van der Waals surface area contributed by atoms with Crippen LogP contribution in [-0.4, -0.2) is 60.2 Å². The van der Waals surface area contributed by atoms with Crippen LogP contribution in [0.2, 0.25) is 0 Å². The van der Waals surface area contributed by atoms with E-state index in [0.717, 1.165) is 32.7 Å². The van der Waals surface area contributed by atoms with Crippen molar-refractivity contribution in [3.8, 4) is 11.4 Å². The summed E-state index contributed by atoms with van der Waals surface area (Å²) in [5.41, 5.74) is 0.701. The van der Waals surface area contributed by atoms with E-state index in [1.807, 2.05) is 0 Å². The van der Waals surface area contributed by atoms with Crippen molar-refractivity contribution in [3.63, 3.8) is 0 Å². The first-order valence-electron chi connectivity index (χ1n) is 8.99. The minimum Gasteiger partial charge on any atom is -0.355 e. The van der Waals surface area contributed by atoms with Gasteiger partial charge in [0.25, 0.3) is 0 Å². The molecule has 0 aliphatic carbocycles. The number of hydrogen-bond donors (Lipinski definition) is 2. The van der Waals surface area contributed by atoms with Crippen LogP contribution in [0, 0.1) is 5.82 Å². The van der Waals surface area contributed by atoms with Crippen LogP contribution in [-0.2, 0) is 11.2 Å². The number of nitrogens with zero attached hydrogens (tertiary/aromatic N) is 3. The van der Waals surface area contributed by atoms with E-state index in [2.05, 4.69) is 25.7 Å². The number of carbonyl (C=O) groups excluding carboxylic acids is 1. The van der Waals surface area contributed by atoms with Crippen molar-refractivity contribution < 1.29 is 13.7 Å². The summed E-state index contributed by atoms with van der Waals surface area (Å²) in [5.74, 6) is 0.650. The highest BCUT2D eigenvalue weighted by Gasteiger charge is 2.11. The van der Waals surface area contributed by atoms with E-state index in [4.69, 9.17) is 4.52 Å². The Morgan fingerprint density at radius 3 is 2.81 bits per heavy atom. The van der Waals surface area contributed by atoms with Crippen LogP contribution >= 0.6 is 0 Å². The molecule has 1 aliphatic heterocycles. The van der Waals surface area contributed by atoms with Crippen molar-refractivity contribution in [1.82, 2.24) is 25.7 Å². The summed E-state index contributed by atoms with van der Waals surface area (Å²) in [6, 6.07) is 5.93. The Bertz CT molecular complexity index is 698. The summed E-state index contributed by atoms with van der Waals surface area (Å²) in [7, 11) is 0. The van der Waals surface area contributed by atoms with E-state index in [9.17, 15) is 9.18 Å².